The minimum absolute atomic E-state index is 0.0340. The molecule has 1 unspecified atom stereocenters. The lowest BCUT2D eigenvalue weighted by Gasteiger charge is -2.33. The van der Waals surface area contributed by atoms with Crippen molar-refractivity contribution in [1.82, 2.24) is 25.2 Å². The van der Waals surface area contributed by atoms with Gasteiger partial charge in [-0.25, -0.2) is 9.78 Å². The van der Waals surface area contributed by atoms with E-state index in [1.807, 2.05) is 43.4 Å². The Hall–Kier alpha value is -2.63. The van der Waals surface area contributed by atoms with Crippen molar-refractivity contribution in [3.05, 3.63) is 36.4 Å². The summed E-state index contributed by atoms with van der Waals surface area (Å²) in [5.41, 5.74) is 2.15. The lowest BCUT2D eigenvalue weighted by Crippen LogP contribution is -2.46. The predicted octanol–water partition coefficient (Wildman–Crippen LogP) is 3.41. The van der Waals surface area contributed by atoms with E-state index in [9.17, 15) is 4.79 Å². The van der Waals surface area contributed by atoms with Gasteiger partial charge >= 0.3 is 6.03 Å². The maximum Gasteiger partial charge on any atom is 0.317 e. The van der Waals surface area contributed by atoms with Crippen molar-refractivity contribution in [3.8, 4) is 0 Å². The van der Waals surface area contributed by atoms with E-state index in [0.29, 0.717) is 5.92 Å². The molecule has 0 spiro atoms. The molecule has 1 fully saturated rings. The predicted molar refractivity (Wildman–Crippen MR) is 98.6 cm³/mol. The summed E-state index contributed by atoms with van der Waals surface area (Å²) in [6.45, 7) is 5.54. The number of hydrogen-bond donors (Lipinski definition) is 2. The number of hydrogen-bond acceptors (Lipinski definition) is 3. The summed E-state index contributed by atoms with van der Waals surface area (Å²) >= 11 is 0. The van der Waals surface area contributed by atoms with Crippen molar-refractivity contribution in [2.45, 2.75) is 38.6 Å². The van der Waals surface area contributed by atoms with Gasteiger partial charge < -0.3 is 15.2 Å². The zero-order valence-electron chi connectivity index (χ0n) is 14.6. The fourth-order valence-corrected chi connectivity index (χ4v) is 3.76. The molecular weight excluding hydrogens is 314 g/mol. The molecule has 4 rings (SSSR count). The summed E-state index contributed by atoms with van der Waals surface area (Å²) < 4.78 is 0. The van der Waals surface area contributed by atoms with Crippen LogP contribution in [0.4, 0.5) is 4.79 Å². The second-order valence-corrected chi connectivity index (χ2v) is 7.08. The summed E-state index contributed by atoms with van der Waals surface area (Å²) in [5, 5.41) is 6.38. The van der Waals surface area contributed by atoms with E-state index >= 15 is 0 Å². The van der Waals surface area contributed by atoms with Crippen molar-refractivity contribution in [1.29, 1.82) is 0 Å². The lowest BCUT2D eigenvalue weighted by molar-refractivity contribution is 0.177. The van der Waals surface area contributed by atoms with Gasteiger partial charge in [0.1, 0.15) is 5.65 Å². The number of aromatic nitrogens is 3. The number of carbonyl (C=O) groups excluding carboxylic acids is 1. The minimum atomic E-state index is 0.0340. The van der Waals surface area contributed by atoms with Gasteiger partial charge in [-0.05, 0) is 43.7 Å². The number of H-pyrrole nitrogens is 1. The molecule has 0 aromatic carbocycles. The van der Waals surface area contributed by atoms with E-state index in [-0.39, 0.29) is 12.1 Å². The van der Waals surface area contributed by atoms with Crippen LogP contribution in [0.1, 0.15) is 38.2 Å². The molecule has 6 nitrogen and oxygen atoms in total. The fourth-order valence-electron chi connectivity index (χ4n) is 3.76. The highest BCUT2D eigenvalue weighted by Gasteiger charge is 2.27. The van der Waals surface area contributed by atoms with Gasteiger partial charge in [-0.2, -0.15) is 0 Å². The molecule has 3 aromatic rings. The van der Waals surface area contributed by atoms with Crippen LogP contribution in [0, 0.1) is 0 Å². The number of nitrogens with one attached hydrogen (secondary N) is 2. The summed E-state index contributed by atoms with van der Waals surface area (Å²) in [4.78, 5) is 26.4. The Balaban J connectivity index is 1.69. The van der Waals surface area contributed by atoms with E-state index in [2.05, 4.69) is 26.5 Å². The van der Waals surface area contributed by atoms with E-state index in [1.54, 1.807) is 0 Å². The lowest BCUT2D eigenvalue weighted by atomic mass is 9.90. The van der Waals surface area contributed by atoms with Gasteiger partial charge in [-0.3, -0.25) is 4.98 Å². The third-order valence-corrected chi connectivity index (χ3v) is 4.90. The molecule has 6 heteroatoms. The summed E-state index contributed by atoms with van der Waals surface area (Å²) in [7, 11) is 0. The molecule has 130 valence electrons. The van der Waals surface area contributed by atoms with Gasteiger partial charge in [0.25, 0.3) is 0 Å². The van der Waals surface area contributed by atoms with Crippen LogP contribution in [0.15, 0.2) is 30.9 Å². The van der Waals surface area contributed by atoms with Gasteiger partial charge in [0.2, 0.25) is 0 Å². The molecule has 25 heavy (non-hydrogen) atoms. The number of amides is 2. The van der Waals surface area contributed by atoms with E-state index in [0.717, 1.165) is 42.4 Å². The van der Waals surface area contributed by atoms with E-state index in [4.69, 9.17) is 0 Å². The number of likely N-dealkylation sites (tertiary alicyclic amines) is 1. The molecule has 2 amide bonds. The average Bonchev–Trinajstić information content (AvgIpc) is 3.06. The molecule has 1 saturated heterocycles. The van der Waals surface area contributed by atoms with Crippen LogP contribution < -0.4 is 5.32 Å². The molecule has 0 saturated carbocycles. The average molecular weight is 337 g/mol. The van der Waals surface area contributed by atoms with Gasteiger partial charge in [-0.15, -0.1) is 0 Å². The summed E-state index contributed by atoms with van der Waals surface area (Å²) in [5.74, 6) is 0.320. The number of rotatable bonds is 2. The first kappa shape index (κ1) is 15.9. The molecule has 4 heterocycles. The quantitative estimate of drug-likeness (QED) is 0.752. The first-order valence-corrected chi connectivity index (χ1v) is 8.88. The molecule has 1 atom stereocenters. The van der Waals surface area contributed by atoms with Gasteiger partial charge in [-0.1, -0.05) is 0 Å². The van der Waals surface area contributed by atoms with Crippen LogP contribution >= 0.6 is 0 Å². The standard InChI is InChI=1S/C19H23N5O/c1-12(2)23-19(25)24-7-3-4-13(11-24)16-10-22-18-17(16)15-5-6-20-8-14(15)9-21-18/h5-6,8-10,12-13H,3-4,7,11H2,1-2H3,(H,21,22)(H,23,25). The first-order valence-electron chi connectivity index (χ1n) is 8.88. The highest BCUT2D eigenvalue weighted by molar-refractivity contribution is 6.06. The number of fused-ring (bicyclic) bond motifs is 3. The third-order valence-electron chi connectivity index (χ3n) is 4.90. The molecular formula is C19H23N5O. The number of urea groups is 1. The Labute approximate surface area is 146 Å². The van der Waals surface area contributed by atoms with Gasteiger partial charge in [0, 0.05) is 60.6 Å². The van der Waals surface area contributed by atoms with Crippen molar-refractivity contribution in [3.63, 3.8) is 0 Å². The smallest absolute Gasteiger partial charge is 0.317 e. The molecule has 0 radical (unpaired) electrons. The maximum atomic E-state index is 12.4. The number of nitrogens with zero attached hydrogens (tertiary/aromatic N) is 3. The Kier molecular flexibility index (Phi) is 4.03. The van der Waals surface area contributed by atoms with Crippen LogP contribution in [0.3, 0.4) is 0 Å². The Bertz CT molecular complexity index is 916. The van der Waals surface area contributed by atoms with E-state index < -0.39 is 0 Å². The second-order valence-electron chi connectivity index (χ2n) is 7.08. The normalized spacial score (nSPS) is 18.2. The number of aromatic amines is 1. The number of carbonyl (C=O) groups is 1. The topological polar surface area (TPSA) is 73.9 Å². The Morgan fingerprint density at radius 2 is 2.28 bits per heavy atom. The zero-order valence-corrected chi connectivity index (χ0v) is 14.6. The molecule has 0 aliphatic carbocycles. The first-order chi connectivity index (χ1) is 12.1. The molecule has 2 N–H and O–H groups in total. The van der Waals surface area contributed by atoms with Crippen molar-refractivity contribution in [2.24, 2.45) is 0 Å². The van der Waals surface area contributed by atoms with Gasteiger partial charge in [0.05, 0.1) is 0 Å². The highest BCUT2D eigenvalue weighted by Crippen LogP contribution is 2.35. The highest BCUT2D eigenvalue weighted by atomic mass is 16.2. The summed E-state index contributed by atoms with van der Waals surface area (Å²) in [6, 6.07) is 2.23. The monoisotopic (exact) mass is 337 g/mol. The minimum Gasteiger partial charge on any atom is -0.346 e. The van der Waals surface area contributed by atoms with Crippen LogP contribution in [0.25, 0.3) is 21.8 Å². The van der Waals surface area contributed by atoms with E-state index in [1.165, 1.54) is 10.9 Å². The van der Waals surface area contributed by atoms with Crippen LogP contribution in [0.5, 0.6) is 0 Å². The fraction of sp³-hybridized carbons (Fsp3) is 0.421. The van der Waals surface area contributed by atoms with Crippen molar-refractivity contribution in [2.75, 3.05) is 13.1 Å². The molecule has 0 bridgehead atoms. The third kappa shape index (κ3) is 2.92. The van der Waals surface area contributed by atoms with Crippen LogP contribution in [-0.2, 0) is 0 Å². The van der Waals surface area contributed by atoms with Gasteiger partial charge in [0.15, 0.2) is 0 Å². The molecule has 1 aliphatic rings. The van der Waals surface area contributed by atoms with Crippen LogP contribution in [-0.4, -0.2) is 45.0 Å². The molecule has 1 aliphatic heterocycles. The van der Waals surface area contributed by atoms with Crippen molar-refractivity contribution >= 4 is 27.8 Å². The zero-order chi connectivity index (χ0) is 17.4. The number of pyridine rings is 2. The van der Waals surface area contributed by atoms with Crippen LogP contribution in [0.2, 0.25) is 0 Å². The summed E-state index contributed by atoms with van der Waals surface area (Å²) in [6.07, 6.45) is 9.69. The Morgan fingerprint density at radius 3 is 3.12 bits per heavy atom. The second kappa shape index (κ2) is 6.35. The Morgan fingerprint density at radius 1 is 1.40 bits per heavy atom. The number of piperidine rings is 1. The SMILES string of the molecule is CC(C)NC(=O)N1CCCC(c2c[nH]c3ncc4cnccc4c23)C1. The maximum absolute atomic E-state index is 12.4. The van der Waals surface area contributed by atoms with Crippen molar-refractivity contribution < 1.29 is 4.79 Å². The largest absolute Gasteiger partial charge is 0.346 e. The molecule has 3 aromatic heterocycles.